The van der Waals surface area contributed by atoms with Gasteiger partial charge in [0.2, 0.25) is 0 Å². The van der Waals surface area contributed by atoms with E-state index >= 15 is 0 Å². The Morgan fingerprint density at radius 3 is 2.00 bits per heavy atom. The maximum atomic E-state index is 12.5. The molecule has 0 spiro atoms. The number of aliphatic hydroxyl groups excluding tert-OH is 1. The van der Waals surface area contributed by atoms with Gasteiger partial charge in [0.05, 0.1) is 0 Å². The molecule has 6 heteroatoms. The van der Waals surface area contributed by atoms with E-state index in [-0.39, 0.29) is 0 Å². The van der Waals surface area contributed by atoms with Crippen LogP contribution < -0.4 is 0 Å². The number of carbonyl (C=O) groups is 1. The van der Waals surface area contributed by atoms with Crippen LogP contribution in [0, 0.1) is 17.5 Å². The third-order valence-corrected chi connectivity index (χ3v) is 1.56. The van der Waals surface area contributed by atoms with Crippen LogP contribution in [-0.4, -0.2) is 16.2 Å². The van der Waals surface area contributed by atoms with Crippen molar-refractivity contribution in [3.63, 3.8) is 0 Å². The fraction of sp³-hybridized carbons (Fsp3) is 0.125. The lowest BCUT2D eigenvalue weighted by Gasteiger charge is -2.06. The lowest BCUT2D eigenvalue weighted by Crippen LogP contribution is -2.11. The number of aliphatic carboxylic acids is 1. The molecule has 0 aliphatic rings. The van der Waals surface area contributed by atoms with E-state index in [0.29, 0.717) is 12.1 Å². The minimum atomic E-state index is -2.07. The summed E-state index contributed by atoms with van der Waals surface area (Å²) in [5.74, 6) is -6.46. The second kappa shape index (κ2) is 3.67. The number of aliphatic hydroxyl groups is 1. The molecular formula is C8H5F3O3. The van der Waals surface area contributed by atoms with Crippen molar-refractivity contribution < 1.29 is 28.2 Å². The van der Waals surface area contributed by atoms with E-state index in [1.807, 2.05) is 0 Å². The first-order chi connectivity index (χ1) is 6.43. The summed E-state index contributed by atoms with van der Waals surface area (Å²) in [4.78, 5) is 10.2. The van der Waals surface area contributed by atoms with Gasteiger partial charge >= 0.3 is 5.97 Å². The lowest BCUT2D eigenvalue weighted by molar-refractivity contribution is -0.146. The van der Waals surface area contributed by atoms with Crippen molar-refractivity contribution in [1.29, 1.82) is 0 Å². The molecule has 1 rings (SSSR count). The first kappa shape index (κ1) is 10.5. The van der Waals surface area contributed by atoms with Gasteiger partial charge < -0.3 is 10.2 Å². The number of benzene rings is 1. The van der Waals surface area contributed by atoms with Gasteiger partial charge in [-0.3, -0.25) is 0 Å². The quantitative estimate of drug-likeness (QED) is 0.715. The summed E-state index contributed by atoms with van der Waals surface area (Å²) in [6, 6.07) is 0.856. The maximum Gasteiger partial charge on any atom is 0.337 e. The predicted molar refractivity (Wildman–Crippen MR) is 38.9 cm³/mol. The molecule has 0 saturated heterocycles. The van der Waals surface area contributed by atoms with E-state index in [0.717, 1.165) is 0 Å². The van der Waals surface area contributed by atoms with Gasteiger partial charge in [0, 0.05) is 0 Å². The maximum absolute atomic E-state index is 12.5. The normalized spacial score (nSPS) is 12.6. The molecule has 0 heterocycles. The molecule has 1 atom stereocenters. The number of rotatable bonds is 2. The van der Waals surface area contributed by atoms with Crippen LogP contribution in [0.3, 0.4) is 0 Å². The van der Waals surface area contributed by atoms with E-state index < -0.39 is 35.1 Å². The van der Waals surface area contributed by atoms with E-state index in [1.165, 1.54) is 0 Å². The highest BCUT2D eigenvalue weighted by Crippen LogP contribution is 2.19. The van der Waals surface area contributed by atoms with Crippen LogP contribution in [0.4, 0.5) is 13.2 Å². The Morgan fingerprint density at radius 1 is 1.21 bits per heavy atom. The molecule has 0 aliphatic carbocycles. The summed E-state index contributed by atoms with van der Waals surface area (Å²) in [5, 5.41) is 17.2. The topological polar surface area (TPSA) is 57.5 Å². The lowest BCUT2D eigenvalue weighted by atomic mass is 10.1. The van der Waals surface area contributed by atoms with Crippen molar-refractivity contribution in [2.45, 2.75) is 6.10 Å². The molecular weight excluding hydrogens is 201 g/mol. The van der Waals surface area contributed by atoms with Crippen molar-refractivity contribution >= 4 is 5.97 Å². The zero-order valence-corrected chi connectivity index (χ0v) is 6.67. The standard InChI is InChI=1S/C8H5F3O3/c9-4-1-3(7(12)8(13)14)2-5(10)6(4)11/h1-2,7,12H,(H,13,14). The Balaban J connectivity index is 3.19. The summed E-state index contributed by atoms with van der Waals surface area (Å²) < 4.78 is 37.5. The van der Waals surface area contributed by atoms with Gasteiger partial charge in [0.25, 0.3) is 0 Å². The molecule has 2 N–H and O–H groups in total. The van der Waals surface area contributed by atoms with Crippen LogP contribution in [-0.2, 0) is 4.79 Å². The molecule has 0 aliphatic heterocycles. The highest BCUT2D eigenvalue weighted by Gasteiger charge is 2.20. The van der Waals surface area contributed by atoms with Crippen LogP contribution in [0.1, 0.15) is 11.7 Å². The zero-order chi connectivity index (χ0) is 10.9. The average molecular weight is 206 g/mol. The molecule has 0 radical (unpaired) electrons. The highest BCUT2D eigenvalue weighted by atomic mass is 19.2. The number of hydrogen-bond acceptors (Lipinski definition) is 2. The van der Waals surface area contributed by atoms with E-state index in [4.69, 9.17) is 10.2 Å². The van der Waals surface area contributed by atoms with Crippen molar-refractivity contribution in [1.82, 2.24) is 0 Å². The zero-order valence-electron chi connectivity index (χ0n) is 6.67. The highest BCUT2D eigenvalue weighted by molar-refractivity contribution is 5.73. The largest absolute Gasteiger partial charge is 0.479 e. The summed E-state index contributed by atoms with van der Waals surface area (Å²) in [7, 11) is 0. The van der Waals surface area contributed by atoms with Gasteiger partial charge in [-0.2, -0.15) is 0 Å². The Bertz CT molecular complexity index is 355. The molecule has 0 fully saturated rings. The Labute approximate surface area is 76.4 Å². The van der Waals surface area contributed by atoms with Gasteiger partial charge in [-0.25, -0.2) is 18.0 Å². The molecule has 1 unspecified atom stereocenters. The van der Waals surface area contributed by atoms with Crippen LogP contribution in [0.5, 0.6) is 0 Å². The fourth-order valence-electron chi connectivity index (χ4n) is 0.876. The third kappa shape index (κ3) is 1.85. The Kier molecular flexibility index (Phi) is 2.76. The van der Waals surface area contributed by atoms with Crippen molar-refractivity contribution in [3.8, 4) is 0 Å². The molecule has 3 nitrogen and oxygen atoms in total. The van der Waals surface area contributed by atoms with Gasteiger partial charge in [0.15, 0.2) is 23.6 Å². The van der Waals surface area contributed by atoms with Gasteiger partial charge in [-0.15, -0.1) is 0 Å². The van der Waals surface area contributed by atoms with Crippen molar-refractivity contribution in [2.75, 3.05) is 0 Å². The first-order valence-electron chi connectivity index (χ1n) is 3.48. The second-order valence-corrected chi connectivity index (χ2v) is 2.54. The van der Waals surface area contributed by atoms with Crippen molar-refractivity contribution in [2.24, 2.45) is 0 Å². The molecule has 1 aromatic rings. The SMILES string of the molecule is O=C(O)C(O)c1cc(F)c(F)c(F)c1. The monoisotopic (exact) mass is 206 g/mol. The first-order valence-corrected chi connectivity index (χ1v) is 3.48. The van der Waals surface area contributed by atoms with E-state index in [2.05, 4.69) is 0 Å². The van der Waals surface area contributed by atoms with Crippen LogP contribution in [0.2, 0.25) is 0 Å². The molecule has 1 aromatic carbocycles. The summed E-state index contributed by atoms with van der Waals surface area (Å²) >= 11 is 0. The average Bonchev–Trinajstić information content (AvgIpc) is 2.12. The Morgan fingerprint density at radius 2 is 1.64 bits per heavy atom. The number of carboxylic acids is 1. The number of carboxylic acid groups (broad SMARTS) is 1. The van der Waals surface area contributed by atoms with Crippen LogP contribution in [0.25, 0.3) is 0 Å². The van der Waals surface area contributed by atoms with Crippen LogP contribution in [0.15, 0.2) is 12.1 Å². The molecule has 0 aromatic heterocycles. The minimum Gasteiger partial charge on any atom is -0.479 e. The van der Waals surface area contributed by atoms with E-state index in [9.17, 15) is 18.0 Å². The summed E-state index contributed by atoms with van der Waals surface area (Å²) in [5.41, 5.74) is -0.547. The van der Waals surface area contributed by atoms with Gasteiger partial charge in [0.1, 0.15) is 0 Å². The third-order valence-electron chi connectivity index (χ3n) is 1.56. The number of halogens is 3. The van der Waals surface area contributed by atoms with E-state index in [1.54, 1.807) is 0 Å². The fourth-order valence-corrected chi connectivity index (χ4v) is 0.876. The van der Waals surface area contributed by atoms with Gasteiger partial charge in [-0.05, 0) is 17.7 Å². The second-order valence-electron chi connectivity index (χ2n) is 2.54. The molecule has 0 saturated carbocycles. The molecule has 14 heavy (non-hydrogen) atoms. The molecule has 0 amide bonds. The minimum absolute atomic E-state index is 0.428. The summed E-state index contributed by atoms with van der Waals surface area (Å²) in [6.07, 6.45) is -2.07. The summed E-state index contributed by atoms with van der Waals surface area (Å²) in [6.45, 7) is 0. The molecule has 76 valence electrons. The van der Waals surface area contributed by atoms with Crippen LogP contribution >= 0.6 is 0 Å². The van der Waals surface area contributed by atoms with Gasteiger partial charge in [-0.1, -0.05) is 0 Å². The predicted octanol–water partition coefficient (Wildman–Crippen LogP) is 1.22. The number of hydrogen-bond donors (Lipinski definition) is 2. The Hall–Kier alpha value is -1.56. The smallest absolute Gasteiger partial charge is 0.337 e. The van der Waals surface area contributed by atoms with Crippen molar-refractivity contribution in [3.05, 3.63) is 35.1 Å². The molecule has 0 bridgehead atoms.